The van der Waals surface area contributed by atoms with Crippen molar-refractivity contribution in [3.05, 3.63) is 35.9 Å². The van der Waals surface area contributed by atoms with Gasteiger partial charge in [0, 0.05) is 5.56 Å². The van der Waals surface area contributed by atoms with Gasteiger partial charge in [-0.25, -0.2) is 0 Å². The molecule has 0 spiro atoms. The molecule has 0 radical (unpaired) electrons. The lowest BCUT2D eigenvalue weighted by molar-refractivity contribution is -0.129. The Kier molecular flexibility index (Phi) is 2.12. The Morgan fingerprint density at radius 1 is 1.05 bits per heavy atom. The number of ketones is 1. The number of carbonyl (C=O) groups excluding carboxylic acids is 3. The van der Waals surface area contributed by atoms with Crippen LogP contribution < -0.4 is 5.32 Å². The molecule has 2 atom stereocenters. The number of hydrogen-bond acceptors (Lipinski definition) is 5. The largest absolute Gasteiger partial charge is 0.294 e. The standard InChI is InChI=1S/C14H7N3O3/c15-6-13-10(9(18)8-4-2-1-3-5-8)14(13,7-16)12(20)17-11(13)19/h1-5,10H,(H,17,19,20)/t13-,14-/m0/s1. The summed E-state index contributed by atoms with van der Waals surface area (Å²) in [5, 5.41) is 20.5. The van der Waals surface area contributed by atoms with E-state index in [2.05, 4.69) is 0 Å². The van der Waals surface area contributed by atoms with Gasteiger partial charge in [-0.3, -0.25) is 19.7 Å². The van der Waals surface area contributed by atoms with Crippen LogP contribution in [0, 0.1) is 39.4 Å². The predicted octanol–water partition coefficient (Wildman–Crippen LogP) is 0.175. The maximum Gasteiger partial charge on any atom is 0.250 e. The average molecular weight is 265 g/mol. The second-order valence-corrected chi connectivity index (χ2v) is 4.79. The van der Waals surface area contributed by atoms with Crippen molar-refractivity contribution in [3.8, 4) is 12.1 Å². The van der Waals surface area contributed by atoms with Crippen molar-refractivity contribution in [1.29, 1.82) is 10.5 Å². The number of piperidine rings is 1. The molecule has 2 aliphatic rings. The van der Waals surface area contributed by atoms with E-state index in [1.54, 1.807) is 30.3 Å². The van der Waals surface area contributed by atoms with Gasteiger partial charge in [0.2, 0.25) is 11.8 Å². The van der Waals surface area contributed by atoms with Crippen LogP contribution in [0.1, 0.15) is 10.4 Å². The summed E-state index contributed by atoms with van der Waals surface area (Å²) in [5.74, 6) is -3.48. The van der Waals surface area contributed by atoms with Crippen LogP contribution in [-0.2, 0) is 9.59 Å². The van der Waals surface area contributed by atoms with Gasteiger partial charge in [-0.2, -0.15) is 10.5 Å². The summed E-state index contributed by atoms with van der Waals surface area (Å²) in [5.41, 5.74) is -3.49. The van der Waals surface area contributed by atoms with Crippen LogP contribution in [0.4, 0.5) is 0 Å². The van der Waals surface area contributed by atoms with Crippen molar-refractivity contribution in [2.24, 2.45) is 16.7 Å². The molecule has 0 aromatic heterocycles. The fourth-order valence-electron chi connectivity index (χ4n) is 2.96. The zero-order valence-corrected chi connectivity index (χ0v) is 10.1. The fourth-order valence-corrected chi connectivity index (χ4v) is 2.96. The first-order valence-electron chi connectivity index (χ1n) is 5.84. The molecule has 6 nitrogen and oxygen atoms in total. The monoisotopic (exact) mass is 265 g/mol. The molecular weight excluding hydrogens is 258 g/mol. The Balaban J connectivity index is 2.12. The third-order valence-corrected chi connectivity index (χ3v) is 4.02. The highest BCUT2D eigenvalue weighted by Crippen LogP contribution is 2.72. The first-order valence-corrected chi connectivity index (χ1v) is 5.84. The van der Waals surface area contributed by atoms with E-state index < -0.39 is 34.3 Å². The van der Waals surface area contributed by atoms with Gasteiger partial charge in [0.05, 0.1) is 18.1 Å². The topological polar surface area (TPSA) is 111 Å². The molecule has 20 heavy (non-hydrogen) atoms. The second-order valence-electron chi connectivity index (χ2n) is 4.79. The van der Waals surface area contributed by atoms with Crippen molar-refractivity contribution < 1.29 is 14.4 Å². The first kappa shape index (κ1) is 12.1. The second kappa shape index (κ2) is 3.52. The van der Waals surface area contributed by atoms with Crippen LogP contribution in [0.5, 0.6) is 0 Å². The number of fused-ring (bicyclic) bond motifs is 1. The Labute approximate surface area is 113 Å². The van der Waals surface area contributed by atoms with E-state index in [1.807, 2.05) is 5.32 Å². The fraction of sp³-hybridized carbons (Fsp3) is 0.214. The minimum Gasteiger partial charge on any atom is -0.294 e. The number of benzene rings is 1. The molecule has 1 heterocycles. The molecule has 0 unspecified atom stereocenters. The number of nitrogens with zero attached hydrogens (tertiary/aromatic N) is 2. The molecule has 2 fully saturated rings. The lowest BCUT2D eigenvalue weighted by Gasteiger charge is -2.06. The van der Waals surface area contributed by atoms with Gasteiger partial charge in [-0.05, 0) is 0 Å². The van der Waals surface area contributed by atoms with Gasteiger partial charge in [-0.15, -0.1) is 0 Å². The van der Waals surface area contributed by atoms with E-state index >= 15 is 0 Å². The summed E-state index contributed by atoms with van der Waals surface area (Å²) < 4.78 is 0. The van der Waals surface area contributed by atoms with Gasteiger partial charge in [0.15, 0.2) is 16.6 Å². The molecule has 1 N–H and O–H groups in total. The number of imide groups is 1. The lowest BCUT2D eigenvalue weighted by Crippen LogP contribution is -2.34. The molecule has 2 amide bonds. The van der Waals surface area contributed by atoms with Crippen LogP contribution in [-0.4, -0.2) is 17.6 Å². The molecule has 1 saturated heterocycles. The van der Waals surface area contributed by atoms with Crippen molar-refractivity contribution in [2.45, 2.75) is 0 Å². The number of carbonyl (C=O) groups is 3. The number of rotatable bonds is 2. The number of hydrogen-bond donors (Lipinski definition) is 1. The van der Waals surface area contributed by atoms with Gasteiger partial charge in [-0.1, -0.05) is 30.3 Å². The summed E-state index contributed by atoms with van der Waals surface area (Å²) in [6.45, 7) is 0. The minimum absolute atomic E-state index is 0.275. The zero-order valence-electron chi connectivity index (χ0n) is 10.1. The normalized spacial score (nSPS) is 33.6. The van der Waals surface area contributed by atoms with E-state index in [0.717, 1.165) is 0 Å². The SMILES string of the molecule is N#C[C@]12C(=O)NC(=O)[C@]1(C#N)C2C(=O)c1ccccc1. The van der Waals surface area contributed by atoms with E-state index in [-0.39, 0.29) is 5.56 Å². The van der Waals surface area contributed by atoms with Gasteiger partial charge in [0.25, 0.3) is 0 Å². The van der Waals surface area contributed by atoms with Crippen molar-refractivity contribution in [1.82, 2.24) is 5.32 Å². The maximum absolute atomic E-state index is 12.4. The van der Waals surface area contributed by atoms with E-state index in [1.165, 1.54) is 12.1 Å². The quantitative estimate of drug-likeness (QED) is 0.605. The third kappa shape index (κ3) is 1.01. The minimum atomic E-state index is -1.88. The molecule has 0 bridgehead atoms. The highest BCUT2D eigenvalue weighted by molar-refractivity contribution is 6.24. The molecule has 1 saturated carbocycles. The molecule has 1 aromatic carbocycles. The summed E-state index contributed by atoms with van der Waals surface area (Å²) in [6, 6.07) is 11.4. The summed E-state index contributed by atoms with van der Waals surface area (Å²) in [6.07, 6.45) is 0. The maximum atomic E-state index is 12.4. The molecule has 96 valence electrons. The molecule has 1 aliphatic heterocycles. The number of nitrogens with one attached hydrogen (secondary N) is 1. The van der Waals surface area contributed by atoms with Crippen LogP contribution in [0.2, 0.25) is 0 Å². The summed E-state index contributed by atoms with van der Waals surface area (Å²) >= 11 is 0. The highest BCUT2D eigenvalue weighted by atomic mass is 16.2. The highest BCUT2D eigenvalue weighted by Gasteiger charge is 2.92. The molecule has 3 rings (SSSR count). The van der Waals surface area contributed by atoms with E-state index in [0.29, 0.717) is 0 Å². The predicted molar refractivity (Wildman–Crippen MR) is 63.5 cm³/mol. The average Bonchev–Trinajstić information content (AvgIpc) is 3.05. The van der Waals surface area contributed by atoms with Crippen LogP contribution in [0.3, 0.4) is 0 Å². The Hall–Kier alpha value is -2.99. The van der Waals surface area contributed by atoms with E-state index in [9.17, 15) is 24.9 Å². The molecule has 6 heteroatoms. The molecular formula is C14H7N3O3. The molecule has 1 aromatic rings. The van der Waals surface area contributed by atoms with Crippen molar-refractivity contribution in [3.63, 3.8) is 0 Å². The Morgan fingerprint density at radius 2 is 1.55 bits per heavy atom. The number of amides is 2. The first-order chi connectivity index (χ1) is 9.56. The van der Waals surface area contributed by atoms with Crippen molar-refractivity contribution in [2.75, 3.05) is 0 Å². The Morgan fingerprint density at radius 3 is 2.00 bits per heavy atom. The van der Waals surface area contributed by atoms with Gasteiger partial charge < -0.3 is 0 Å². The smallest absolute Gasteiger partial charge is 0.250 e. The number of Topliss-reactive ketones (excluding diaryl/α,β-unsaturated/α-hetero) is 1. The van der Waals surface area contributed by atoms with E-state index in [4.69, 9.17) is 0 Å². The summed E-state index contributed by atoms with van der Waals surface area (Å²) in [7, 11) is 0. The van der Waals surface area contributed by atoms with Gasteiger partial charge >= 0.3 is 0 Å². The van der Waals surface area contributed by atoms with Gasteiger partial charge in [0.1, 0.15) is 0 Å². The third-order valence-electron chi connectivity index (χ3n) is 4.02. The Bertz CT molecular complexity index is 705. The van der Waals surface area contributed by atoms with Crippen LogP contribution >= 0.6 is 0 Å². The molecule has 1 aliphatic carbocycles. The zero-order chi connectivity index (χ0) is 14.5. The van der Waals surface area contributed by atoms with Crippen LogP contribution in [0.15, 0.2) is 30.3 Å². The van der Waals surface area contributed by atoms with Crippen LogP contribution in [0.25, 0.3) is 0 Å². The lowest BCUT2D eigenvalue weighted by atomic mass is 9.98. The number of nitriles is 2. The summed E-state index contributed by atoms with van der Waals surface area (Å²) in [4.78, 5) is 36.1. The van der Waals surface area contributed by atoms with Crippen molar-refractivity contribution >= 4 is 17.6 Å².